The number of ether oxygens (including phenoxy) is 3. The number of aliphatic hydroxyl groups excluding tert-OH is 1. The predicted molar refractivity (Wildman–Crippen MR) is 261 cm³/mol. The van der Waals surface area contributed by atoms with E-state index in [9.17, 15) is 28.9 Å². The van der Waals surface area contributed by atoms with Gasteiger partial charge in [0.05, 0.1) is 26.2 Å². The molecule has 0 bridgehead atoms. The lowest BCUT2D eigenvalue weighted by Crippen LogP contribution is -2.30. The average molecular weight is 923 g/mol. The molecule has 0 rings (SSSR count). The van der Waals surface area contributed by atoms with Crippen molar-refractivity contribution < 1.29 is 52.2 Å². The second kappa shape index (κ2) is 46.7. The number of phosphoric acid groups is 1. The average Bonchev–Trinajstić information content (AvgIpc) is 3.28. The SMILES string of the molecule is CC/C=C\C/C=C\C/C=C\C/C=C\C/C=C\CC(=O)OC(COC(=O)CCCCCCCCCCCCC)COP(=O)(O)OCC(CO)OC(=O)CCCCCCCCCCCCC. The molecule has 0 heterocycles. The lowest BCUT2D eigenvalue weighted by atomic mass is 10.1. The third-order valence-electron chi connectivity index (χ3n) is 10.5. The highest BCUT2D eigenvalue weighted by molar-refractivity contribution is 7.47. The summed E-state index contributed by atoms with van der Waals surface area (Å²) in [5.41, 5.74) is 0. The van der Waals surface area contributed by atoms with Crippen LogP contribution in [0.4, 0.5) is 0 Å². The Labute approximate surface area is 389 Å². The summed E-state index contributed by atoms with van der Waals surface area (Å²) in [6.45, 7) is 4.39. The van der Waals surface area contributed by atoms with E-state index in [1.807, 2.05) is 18.2 Å². The topological polar surface area (TPSA) is 155 Å². The standard InChI is InChI=1S/C52H91O11P/c1-4-7-10-13-16-19-22-23-24-25-28-31-34-37-40-43-52(56)63-49(45-59-50(54)41-38-35-32-29-26-20-17-14-11-8-5-2)47-61-64(57,58)60-46-48(44-53)62-51(55)42-39-36-33-30-27-21-18-15-12-9-6-3/h7,10,16,19,23-24,28,31,37,40,48-49,53H,4-6,8-9,11-15,17-18,20-22,25-27,29-30,32-36,38-39,41-47H2,1-3H3,(H,57,58)/b10-7-,19-16-,24-23-,31-28-,40-37-. The predicted octanol–water partition coefficient (Wildman–Crippen LogP) is 14.0. The lowest BCUT2D eigenvalue weighted by molar-refractivity contribution is -0.160. The molecule has 0 spiro atoms. The molecule has 0 aliphatic rings. The highest BCUT2D eigenvalue weighted by atomic mass is 31.2. The molecule has 0 aromatic rings. The van der Waals surface area contributed by atoms with Crippen molar-refractivity contribution in [3.05, 3.63) is 60.8 Å². The minimum absolute atomic E-state index is 0.0628. The van der Waals surface area contributed by atoms with E-state index < -0.39 is 57.8 Å². The minimum Gasteiger partial charge on any atom is -0.462 e. The number of carbonyl (C=O) groups excluding carboxylic acids is 3. The first-order chi connectivity index (χ1) is 31.2. The van der Waals surface area contributed by atoms with Crippen LogP contribution in [0.1, 0.15) is 213 Å². The van der Waals surface area contributed by atoms with Crippen LogP contribution in [-0.2, 0) is 42.2 Å². The van der Waals surface area contributed by atoms with Gasteiger partial charge in [-0.25, -0.2) is 4.57 Å². The molecule has 2 N–H and O–H groups in total. The molecule has 11 nitrogen and oxygen atoms in total. The molecule has 0 saturated heterocycles. The molecule has 0 amide bonds. The van der Waals surface area contributed by atoms with Gasteiger partial charge in [-0.15, -0.1) is 0 Å². The van der Waals surface area contributed by atoms with Crippen molar-refractivity contribution in [2.75, 3.05) is 26.4 Å². The maximum Gasteiger partial charge on any atom is 0.472 e. The summed E-state index contributed by atoms with van der Waals surface area (Å²) in [7, 11) is -4.76. The quantitative estimate of drug-likeness (QED) is 0.0197. The first-order valence-corrected chi connectivity index (χ1v) is 26.7. The van der Waals surface area contributed by atoms with Crippen LogP contribution < -0.4 is 0 Å². The van der Waals surface area contributed by atoms with Crippen molar-refractivity contribution in [2.45, 2.75) is 226 Å². The third-order valence-corrected chi connectivity index (χ3v) is 11.4. The van der Waals surface area contributed by atoms with Crippen LogP contribution >= 0.6 is 7.82 Å². The monoisotopic (exact) mass is 923 g/mol. The molecule has 12 heteroatoms. The number of aliphatic hydroxyl groups is 1. The van der Waals surface area contributed by atoms with Gasteiger partial charge in [-0.2, -0.15) is 0 Å². The molecule has 0 aliphatic carbocycles. The molecule has 0 aromatic carbocycles. The number of hydrogen-bond donors (Lipinski definition) is 2. The van der Waals surface area contributed by atoms with Crippen molar-refractivity contribution in [1.29, 1.82) is 0 Å². The molecule has 0 saturated carbocycles. The maximum absolute atomic E-state index is 12.8. The van der Waals surface area contributed by atoms with E-state index >= 15 is 0 Å². The molecular formula is C52H91O11P. The number of carbonyl (C=O) groups is 3. The van der Waals surface area contributed by atoms with Gasteiger partial charge in [-0.3, -0.25) is 23.4 Å². The van der Waals surface area contributed by atoms with Gasteiger partial charge in [0.1, 0.15) is 12.7 Å². The zero-order valence-electron chi connectivity index (χ0n) is 40.5. The summed E-state index contributed by atoms with van der Waals surface area (Å²) in [4.78, 5) is 48.1. The Morgan fingerprint density at radius 2 is 0.812 bits per heavy atom. The molecule has 370 valence electrons. The van der Waals surface area contributed by atoms with E-state index in [-0.39, 0.29) is 25.9 Å². The maximum atomic E-state index is 12.8. The van der Waals surface area contributed by atoms with Gasteiger partial charge < -0.3 is 24.2 Å². The van der Waals surface area contributed by atoms with Gasteiger partial charge >= 0.3 is 25.7 Å². The van der Waals surface area contributed by atoms with E-state index in [2.05, 4.69) is 57.2 Å². The summed E-state index contributed by atoms with van der Waals surface area (Å²) in [6.07, 6.45) is 48.0. The first-order valence-electron chi connectivity index (χ1n) is 25.2. The van der Waals surface area contributed by atoms with Crippen LogP contribution in [0.2, 0.25) is 0 Å². The number of rotatable bonds is 46. The molecule has 0 aromatic heterocycles. The van der Waals surface area contributed by atoms with Gasteiger partial charge in [-0.1, -0.05) is 210 Å². The van der Waals surface area contributed by atoms with Crippen LogP contribution in [0.15, 0.2) is 60.8 Å². The Balaban J connectivity index is 4.86. The normalized spacial score (nSPS) is 14.0. The Hall–Kier alpha value is -2.82. The zero-order valence-corrected chi connectivity index (χ0v) is 41.4. The summed E-state index contributed by atoms with van der Waals surface area (Å²) in [6, 6.07) is 0. The molecule has 0 radical (unpaired) electrons. The third kappa shape index (κ3) is 44.4. The van der Waals surface area contributed by atoms with Crippen molar-refractivity contribution in [3.8, 4) is 0 Å². The van der Waals surface area contributed by atoms with Crippen molar-refractivity contribution in [2.24, 2.45) is 0 Å². The lowest BCUT2D eigenvalue weighted by Gasteiger charge is -2.21. The molecule has 0 fully saturated rings. The van der Waals surface area contributed by atoms with Gasteiger partial charge in [0, 0.05) is 12.8 Å². The zero-order chi connectivity index (χ0) is 47.0. The Bertz CT molecular complexity index is 1310. The van der Waals surface area contributed by atoms with E-state index in [0.29, 0.717) is 19.3 Å². The van der Waals surface area contributed by atoms with Crippen LogP contribution in [0, 0.1) is 0 Å². The second-order valence-corrected chi connectivity index (χ2v) is 18.1. The van der Waals surface area contributed by atoms with Crippen LogP contribution in [0.5, 0.6) is 0 Å². The van der Waals surface area contributed by atoms with E-state index in [0.717, 1.165) is 64.2 Å². The van der Waals surface area contributed by atoms with Gasteiger partial charge in [0.15, 0.2) is 6.10 Å². The molecule has 64 heavy (non-hydrogen) atoms. The Morgan fingerprint density at radius 3 is 1.23 bits per heavy atom. The number of unbranched alkanes of at least 4 members (excludes halogenated alkanes) is 20. The van der Waals surface area contributed by atoms with Crippen molar-refractivity contribution in [3.63, 3.8) is 0 Å². The Morgan fingerprint density at radius 1 is 0.453 bits per heavy atom. The molecular weight excluding hydrogens is 832 g/mol. The fourth-order valence-corrected chi connectivity index (χ4v) is 7.45. The van der Waals surface area contributed by atoms with Crippen molar-refractivity contribution in [1.82, 2.24) is 0 Å². The second-order valence-electron chi connectivity index (χ2n) is 16.6. The minimum atomic E-state index is -4.76. The van der Waals surface area contributed by atoms with Gasteiger partial charge in [0.2, 0.25) is 0 Å². The van der Waals surface area contributed by atoms with Crippen molar-refractivity contribution >= 4 is 25.7 Å². The van der Waals surface area contributed by atoms with Gasteiger partial charge in [-0.05, 0) is 44.9 Å². The summed E-state index contributed by atoms with van der Waals surface area (Å²) in [5, 5.41) is 9.74. The number of esters is 3. The number of hydrogen-bond acceptors (Lipinski definition) is 10. The number of allylic oxidation sites excluding steroid dienone is 9. The van der Waals surface area contributed by atoms with E-state index in [1.54, 1.807) is 6.08 Å². The summed E-state index contributed by atoms with van der Waals surface area (Å²) in [5.74, 6) is -1.61. The number of phosphoric ester groups is 1. The van der Waals surface area contributed by atoms with Crippen LogP contribution in [0.25, 0.3) is 0 Å². The molecule has 0 aliphatic heterocycles. The largest absolute Gasteiger partial charge is 0.472 e. The first kappa shape index (κ1) is 61.2. The molecule has 3 atom stereocenters. The molecule has 3 unspecified atom stereocenters. The van der Waals surface area contributed by atoms with E-state index in [1.165, 1.54) is 89.9 Å². The smallest absolute Gasteiger partial charge is 0.462 e. The highest BCUT2D eigenvalue weighted by Gasteiger charge is 2.28. The highest BCUT2D eigenvalue weighted by Crippen LogP contribution is 2.43. The summed E-state index contributed by atoms with van der Waals surface area (Å²) < 4.78 is 39.1. The van der Waals surface area contributed by atoms with Gasteiger partial charge in [0.25, 0.3) is 0 Å². The summed E-state index contributed by atoms with van der Waals surface area (Å²) >= 11 is 0. The fourth-order valence-electron chi connectivity index (χ4n) is 6.67. The van der Waals surface area contributed by atoms with E-state index in [4.69, 9.17) is 23.3 Å². The van der Waals surface area contributed by atoms with Crippen LogP contribution in [0.3, 0.4) is 0 Å². The van der Waals surface area contributed by atoms with Crippen LogP contribution in [-0.4, -0.2) is 66.5 Å². The Kier molecular flexibility index (Phi) is 44.6. The fraction of sp³-hybridized carbons (Fsp3) is 0.750.